The Bertz CT molecular complexity index is 809. The molecule has 1 N–H and O–H groups in total. The number of halogens is 4. The summed E-state index contributed by atoms with van der Waals surface area (Å²) in [6, 6.07) is 6.55. The number of amides is 2. The van der Waals surface area contributed by atoms with Crippen LogP contribution >= 0.6 is 22.9 Å². The fraction of sp³-hybridized carbons (Fsp3) is 0.286. The van der Waals surface area contributed by atoms with E-state index in [1.54, 1.807) is 24.3 Å². The first-order valence-electron chi connectivity index (χ1n) is 7.01. The SMILES string of the molecule is O=C(Nc1nnc(C(F)(F)F)s1)[C@H]1CC(=O)N(c2ccc(Cl)cc2)C1. The van der Waals surface area contributed by atoms with E-state index < -0.39 is 23.0 Å². The molecule has 2 heterocycles. The largest absolute Gasteiger partial charge is 0.445 e. The second-order valence-electron chi connectivity index (χ2n) is 5.28. The van der Waals surface area contributed by atoms with E-state index in [1.807, 2.05) is 0 Å². The molecule has 0 spiro atoms. The lowest BCUT2D eigenvalue weighted by atomic mass is 10.1. The molecule has 1 aliphatic heterocycles. The minimum atomic E-state index is -4.62. The van der Waals surface area contributed by atoms with E-state index in [2.05, 4.69) is 15.5 Å². The van der Waals surface area contributed by atoms with Crippen molar-refractivity contribution < 1.29 is 22.8 Å². The highest BCUT2D eigenvalue weighted by molar-refractivity contribution is 7.15. The van der Waals surface area contributed by atoms with Crippen LogP contribution in [0.3, 0.4) is 0 Å². The molecule has 1 fully saturated rings. The third kappa shape index (κ3) is 3.90. The number of hydrogen-bond donors (Lipinski definition) is 1. The van der Waals surface area contributed by atoms with Crippen LogP contribution in [0.4, 0.5) is 24.0 Å². The van der Waals surface area contributed by atoms with Gasteiger partial charge in [0.1, 0.15) is 0 Å². The number of nitrogens with zero attached hydrogens (tertiary/aromatic N) is 3. The van der Waals surface area contributed by atoms with Gasteiger partial charge in [-0.3, -0.25) is 9.59 Å². The second kappa shape index (κ2) is 6.60. The number of carbonyl (C=O) groups excluding carboxylic acids is 2. The number of anilines is 2. The van der Waals surface area contributed by atoms with Crippen molar-refractivity contribution >= 4 is 45.6 Å². The molecular weight excluding hydrogens is 381 g/mol. The van der Waals surface area contributed by atoms with Crippen molar-refractivity contribution in [3.05, 3.63) is 34.3 Å². The lowest BCUT2D eigenvalue weighted by molar-refractivity contribution is -0.138. The van der Waals surface area contributed by atoms with Crippen molar-refractivity contribution in [1.29, 1.82) is 0 Å². The number of aromatic nitrogens is 2. The Morgan fingerprint density at radius 3 is 2.56 bits per heavy atom. The monoisotopic (exact) mass is 390 g/mol. The van der Waals surface area contributed by atoms with Gasteiger partial charge in [0.05, 0.1) is 5.92 Å². The summed E-state index contributed by atoms with van der Waals surface area (Å²) >= 11 is 6.03. The molecule has 1 aromatic heterocycles. The van der Waals surface area contributed by atoms with Crippen molar-refractivity contribution in [2.45, 2.75) is 12.6 Å². The fourth-order valence-corrected chi connectivity index (χ4v) is 3.09. The number of carbonyl (C=O) groups is 2. The van der Waals surface area contributed by atoms with Gasteiger partial charge >= 0.3 is 6.18 Å². The zero-order chi connectivity index (χ0) is 18.2. The van der Waals surface area contributed by atoms with Crippen LogP contribution in [-0.2, 0) is 15.8 Å². The minimum absolute atomic E-state index is 0.0423. The van der Waals surface area contributed by atoms with Crippen LogP contribution in [0.25, 0.3) is 0 Å². The Hall–Kier alpha value is -2.20. The van der Waals surface area contributed by atoms with Crippen LogP contribution in [0.15, 0.2) is 24.3 Å². The van der Waals surface area contributed by atoms with Gasteiger partial charge in [-0.25, -0.2) is 0 Å². The van der Waals surface area contributed by atoms with E-state index in [9.17, 15) is 22.8 Å². The Labute approximate surface area is 148 Å². The summed E-state index contributed by atoms with van der Waals surface area (Å²) in [7, 11) is 0. The molecule has 1 aliphatic rings. The first-order valence-corrected chi connectivity index (χ1v) is 8.21. The molecule has 0 unspecified atom stereocenters. The number of rotatable bonds is 3. The molecular formula is C14H10ClF3N4O2S. The number of benzene rings is 1. The Kier molecular flexibility index (Phi) is 4.65. The third-order valence-corrected chi connectivity index (χ3v) is 4.67. The molecule has 1 aromatic carbocycles. The summed E-state index contributed by atoms with van der Waals surface area (Å²) in [5, 5.41) is 7.69. The molecule has 2 aromatic rings. The maximum atomic E-state index is 12.5. The van der Waals surface area contributed by atoms with Crippen molar-refractivity contribution in [2.24, 2.45) is 5.92 Å². The van der Waals surface area contributed by atoms with Gasteiger partial charge in [-0.2, -0.15) is 13.2 Å². The average Bonchev–Trinajstić information content (AvgIpc) is 3.15. The van der Waals surface area contributed by atoms with Crippen LogP contribution in [0.5, 0.6) is 0 Å². The zero-order valence-electron chi connectivity index (χ0n) is 12.4. The van der Waals surface area contributed by atoms with Crippen LogP contribution < -0.4 is 10.2 Å². The summed E-state index contributed by atoms with van der Waals surface area (Å²) in [5.74, 6) is -1.52. The molecule has 1 saturated heterocycles. The van der Waals surface area contributed by atoms with Gasteiger partial charge in [0.15, 0.2) is 0 Å². The van der Waals surface area contributed by atoms with Crippen molar-refractivity contribution in [2.75, 3.05) is 16.8 Å². The smallest absolute Gasteiger partial charge is 0.312 e. The zero-order valence-corrected chi connectivity index (χ0v) is 14.0. The summed E-state index contributed by atoms with van der Waals surface area (Å²) in [6.07, 6.45) is -4.66. The van der Waals surface area contributed by atoms with Gasteiger partial charge in [-0.05, 0) is 24.3 Å². The highest BCUT2D eigenvalue weighted by Crippen LogP contribution is 2.33. The standard InChI is InChI=1S/C14H10ClF3N4O2S/c15-8-1-3-9(4-2-8)22-6-7(5-10(22)23)11(24)19-13-21-20-12(25-13)14(16,17)18/h1-4,7H,5-6H2,(H,19,21,24)/t7-/m0/s1. The third-order valence-electron chi connectivity index (χ3n) is 3.53. The molecule has 2 amide bonds. The van der Waals surface area contributed by atoms with Gasteiger partial charge in [0.2, 0.25) is 22.0 Å². The van der Waals surface area contributed by atoms with Gasteiger partial charge in [0.25, 0.3) is 0 Å². The second-order valence-corrected chi connectivity index (χ2v) is 6.70. The molecule has 1 atom stereocenters. The van der Waals surface area contributed by atoms with E-state index in [-0.39, 0.29) is 35.3 Å². The maximum absolute atomic E-state index is 12.5. The molecule has 25 heavy (non-hydrogen) atoms. The number of nitrogens with one attached hydrogen (secondary N) is 1. The molecule has 0 radical (unpaired) electrons. The summed E-state index contributed by atoms with van der Waals surface area (Å²) < 4.78 is 37.5. The van der Waals surface area contributed by atoms with Crippen molar-refractivity contribution in [3.63, 3.8) is 0 Å². The Morgan fingerprint density at radius 1 is 1.28 bits per heavy atom. The molecule has 3 rings (SSSR count). The highest BCUT2D eigenvalue weighted by Gasteiger charge is 2.38. The quantitative estimate of drug-likeness (QED) is 0.873. The molecule has 0 aliphatic carbocycles. The maximum Gasteiger partial charge on any atom is 0.445 e. The van der Waals surface area contributed by atoms with E-state index in [0.717, 1.165) is 0 Å². The van der Waals surface area contributed by atoms with E-state index >= 15 is 0 Å². The predicted molar refractivity (Wildman–Crippen MR) is 85.5 cm³/mol. The number of hydrogen-bond acceptors (Lipinski definition) is 5. The minimum Gasteiger partial charge on any atom is -0.312 e. The summed E-state index contributed by atoms with van der Waals surface area (Å²) in [5.41, 5.74) is 0.597. The van der Waals surface area contributed by atoms with Crippen LogP contribution in [0, 0.1) is 5.92 Å². The number of alkyl halides is 3. The van der Waals surface area contributed by atoms with Gasteiger partial charge in [-0.15, -0.1) is 10.2 Å². The molecule has 0 bridgehead atoms. The first kappa shape index (κ1) is 17.6. The fourth-order valence-electron chi connectivity index (χ4n) is 2.35. The summed E-state index contributed by atoms with van der Waals surface area (Å²) in [6.45, 7) is 0.122. The van der Waals surface area contributed by atoms with Crippen LogP contribution in [0.1, 0.15) is 11.4 Å². The predicted octanol–water partition coefficient (Wildman–Crippen LogP) is 3.20. The molecule has 6 nitrogen and oxygen atoms in total. The van der Waals surface area contributed by atoms with E-state index in [0.29, 0.717) is 10.7 Å². The van der Waals surface area contributed by atoms with E-state index in [1.165, 1.54) is 4.90 Å². The van der Waals surface area contributed by atoms with Crippen molar-refractivity contribution in [1.82, 2.24) is 10.2 Å². The normalized spacial score (nSPS) is 17.8. The lowest BCUT2D eigenvalue weighted by Gasteiger charge is -2.16. The molecule has 132 valence electrons. The average molecular weight is 391 g/mol. The molecule has 0 saturated carbocycles. The Morgan fingerprint density at radius 2 is 1.96 bits per heavy atom. The Balaban J connectivity index is 1.66. The van der Waals surface area contributed by atoms with Gasteiger partial charge in [-0.1, -0.05) is 22.9 Å². The molecule has 11 heteroatoms. The van der Waals surface area contributed by atoms with Crippen LogP contribution in [0.2, 0.25) is 5.02 Å². The highest BCUT2D eigenvalue weighted by atomic mass is 35.5. The van der Waals surface area contributed by atoms with Gasteiger partial charge < -0.3 is 10.2 Å². The first-order chi connectivity index (χ1) is 11.7. The van der Waals surface area contributed by atoms with Crippen LogP contribution in [-0.4, -0.2) is 28.6 Å². The van der Waals surface area contributed by atoms with E-state index in [4.69, 9.17) is 11.6 Å². The van der Waals surface area contributed by atoms with Gasteiger partial charge in [0, 0.05) is 23.7 Å². The lowest BCUT2D eigenvalue weighted by Crippen LogP contribution is -2.28. The van der Waals surface area contributed by atoms with Crippen molar-refractivity contribution in [3.8, 4) is 0 Å². The topological polar surface area (TPSA) is 75.2 Å². The summed E-state index contributed by atoms with van der Waals surface area (Å²) in [4.78, 5) is 25.7.